The molecule has 0 amide bonds. The average Bonchev–Trinajstić information content (AvgIpc) is 2.29. The van der Waals surface area contributed by atoms with Gasteiger partial charge in [0.05, 0.1) is 6.61 Å². The van der Waals surface area contributed by atoms with Crippen LogP contribution in [0.25, 0.3) is 0 Å². The highest BCUT2D eigenvalue weighted by Crippen LogP contribution is 2.19. The number of rotatable bonds is 3. The summed E-state index contributed by atoms with van der Waals surface area (Å²) >= 11 is 0. The van der Waals surface area contributed by atoms with Gasteiger partial charge in [-0.15, -0.1) is 0 Å². The molecule has 0 aliphatic carbocycles. The average molecular weight is 205 g/mol. The van der Waals surface area contributed by atoms with Crippen molar-refractivity contribution in [2.45, 2.75) is 19.8 Å². The number of benzene rings is 1. The van der Waals surface area contributed by atoms with E-state index in [1.165, 1.54) is 18.4 Å². The van der Waals surface area contributed by atoms with Crippen LogP contribution in [0.2, 0.25) is 0 Å². The van der Waals surface area contributed by atoms with Gasteiger partial charge in [0, 0.05) is 0 Å². The molecule has 2 rings (SSSR count). The summed E-state index contributed by atoms with van der Waals surface area (Å²) in [6.07, 6.45) is 2.48. The zero-order chi connectivity index (χ0) is 10.5. The number of nitrogens with one attached hydrogen (secondary N) is 1. The second-order valence-corrected chi connectivity index (χ2v) is 4.27. The Morgan fingerprint density at radius 3 is 2.73 bits per heavy atom. The Kier molecular flexibility index (Phi) is 3.62. The molecule has 0 unspecified atom stereocenters. The van der Waals surface area contributed by atoms with Gasteiger partial charge in [-0.05, 0) is 50.4 Å². The molecule has 2 heteroatoms. The van der Waals surface area contributed by atoms with Gasteiger partial charge in [0.15, 0.2) is 0 Å². The van der Waals surface area contributed by atoms with E-state index in [1.54, 1.807) is 0 Å². The van der Waals surface area contributed by atoms with Crippen molar-refractivity contribution in [3.05, 3.63) is 29.8 Å². The number of aryl methyl sites for hydroxylation is 1. The normalized spacial score (nSPS) is 17.7. The highest BCUT2D eigenvalue weighted by atomic mass is 16.5. The molecule has 1 aromatic rings. The molecule has 1 heterocycles. The number of hydrogen-bond acceptors (Lipinski definition) is 2. The summed E-state index contributed by atoms with van der Waals surface area (Å²) in [6, 6.07) is 8.23. The maximum absolute atomic E-state index is 5.85. The molecule has 0 atom stereocenters. The van der Waals surface area contributed by atoms with Crippen LogP contribution < -0.4 is 10.1 Å². The Labute approximate surface area is 91.6 Å². The van der Waals surface area contributed by atoms with Crippen LogP contribution in [0.3, 0.4) is 0 Å². The first kappa shape index (κ1) is 10.5. The maximum Gasteiger partial charge on any atom is 0.122 e. The van der Waals surface area contributed by atoms with E-state index in [4.69, 9.17) is 4.74 Å². The smallest absolute Gasteiger partial charge is 0.122 e. The molecule has 0 aromatic heterocycles. The molecule has 0 spiro atoms. The first-order valence-electron chi connectivity index (χ1n) is 5.75. The maximum atomic E-state index is 5.85. The number of ether oxygens (including phenoxy) is 1. The van der Waals surface area contributed by atoms with Gasteiger partial charge in [-0.2, -0.15) is 0 Å². The quantitative estimate of drug-likeness (QED) is 0.818. The molecular weight excluding hydrogens is 186 g/mol. The summed E-state index contributed by atoms with van der Waals surface area (Å²) in [5.41, 5.74) is 1.23. The Morgan fingerprint density at radius 2 is 2.00 bits per heavy atom. The van der Waals surface area contributed by atoms with E-state index in [-0.39, 0.29) is 0 Å². The molecule has 0 radical (unpaired) electrons. The molecule has 0 saturated carbocycles. The van der Waals surface area contributed by atoms with Gasteiger partial charge in [-0.25, -0.2) is 0 Å². The Morgan fingerprint density at radius 1 is 1.27 bits per heavy atom. The fourth-order valence-electron chi connectivity index (χ4n) is 1.97. The first-order valence-corrected chi connectivity index (χ1v) is 5.75. The van der Waals surface area contributed by atoms with Gasteiger partial charge >= 0.3 is 0 Å². The largest absolute Gasteiger partial charge is 0.493 e. The monoisotopic (exact) mass is 205 g/mol. The van der Waals surface area contributed by atoms with Gasteiger partial charge < -0.3 is 10.1 Å². The van der Waals surface area contributed by atoms with Crippen LogP contribution in [0.5, 0.6) is 5.75 Å². The SMILES string of the molecule is Cc1ccccc1OCC1CCNCC1. The second kappa shape index (κ2) is 5.17. The van der Waals surface area contributed by atoms with Crippen LogP contribution in [0.4, 0.5) is 0 Å². The Balaban J connectivity index is 1.84. The van der Waals surface area contributed by atoms with Crippen LogP contribution in [0.15, 0.2) is 24.3 Å². The molecule has 2 nitrogen and oxygen atoms in total. The van der Waals surface area contributed by atoms with E-state index in [2.05, 4.69) is 24.4 Å². The van der Waals surface area contributed by atoms with Gasteiger partial charge in [0.25, 0.3) is 0 Å². The molecule has 82 valence electrons. The number of hydrogen-bond donors (Lipinski definition) is 1. The Hall–Kier alpha value is -1.02. The lowest BCUT2D eigenvalue weighted by atomic mass is 9.99. The van der Waals surface area contributed by atoms with Crippen LogP contribution in [0.1, 0.15) is 18.4 Å². The minimum Gasteiger partial charge on any atom is -0.493 e. The molecule has 1 N–H and O–H groups in total. The van der Waals surface area contributed by atoms with Gasteiger partial charge in [0.1, 0.15) is 5.75 Å². The van der Waals surface area contributed by atoms with E-state index in [0.717, 1.165) is 31.4 Å². The van der Waals surface area contributed by atoms with Crippen molar-refractivity contribution in [1.82, 2.24) is 5.32 Å². The lowest BCUT2D eigenvalue weighted by molar-refractivity contribution is 0.214. The van der Waals surface area contributed by atoms with Crippen molar-refractivity contribution < 1.29 is 4.74 Å². The molecule has 1 aliphatic heterocycles. The topological polar surface area (TPSA) is 21.3 Å². The highest BCUT2D eigenvalue weighted by molar-refractivity contribution is 5.31. The van der Waals surface area contributed by atoms with E-state index in [9.17, 15) is 0 Å². The van der Waals surface area contributed by atoms with Gasteiger partial charge in [0.2, 0.25) is 0 Å². The molecule has 1 fully saturated rings. The number of para-hydroxylation sites is 1. The minimum atomic E-state index is 0.728. The van der Waals surface area contributed by atoms with E-state index in [0.29, 0.717) is 0 Å². The third kappa shape index (κ3) is 2.96. The molecule has 1 aromatic carbocycles. The third-order valence-electron chi connectivity index (χ3n) is 3.03. The van der Waals surface area contributed by atoms with Crippen molar-refractivity contribution in [1.29, 1.82) is 0 Å². The van der Waals surface area contributed by atoms with Crippen molar-refractivity contribution in [3.8, 4) is 5.75 Å². The molecule has 1 saturated heterocycles. The zero-order valence-corrected chi connectivity index (χ0v) is 9.33. The van der Waals surface area contributed by atoms with Crippen molar-refractivity contribution in [2.24, 2.45) is 5.92 Å². The highest BCUT2D eigenvalue weighted by Gasteiger charge is 2.13. The molecule has 0 bridgehead atoms. The van der Waals surface area contributed by atoms with E-state index >= 15 is 0 Å². The lowest BCUT2D eigenvalue weighted by Crippen LogP contribution is -2.30. The van der Waals surface area contributed by atoms with E-state index in [1.807, 2.05) is 12.1 Å². The summed E-state index contributed by atoms with van der Waals surface area (Å²) in [4.78, 5) is 0. The summed E-state index contributed by atoms with van der Waals surface area (Å²) in [5, 5.41) is 3.37. The Bertz CT molecular complexity index is 305. The summed E-state index contributed by atoms with van der Waals surface area (Å²) in [7, 11) is 0. The third-order valence-corrected chi connectivity index (χ3v) is 3.03. The number of piperidine rings is 1. The predicted octanol–water partition coefficient (Wildman–Crippen LogP) is 2.37. The fourth-order valence-corrected chi connectivity index (χ4v) is 1.97. The van der Waals surface area contributed by atoms with Crippen molar-refractivity contribution in [3.63, 3.8) is 0 Å². The standard InChI is InChI=1S/C13H19NO/c1-11-4-2-3-5-13(11)15-10-12-6-8-14-9-7-12/h2-5,12,14H,6-10H2,1H3. The van der Waals surface area contributed by atoms with Crippen molar-refractivity contribution >= 4 is 0 Å². The summed E-state index contributed by atoms with van der Waals surface area (Å²) in [5.74, 6) is 1.77. The van der Waals surface area contributed by atoms with Crippen LogP contribution >= 0.6 is 0 Å². The minimum absolute atomic E-state index is 0.728. The van der Waals surface area contributed by atoms with Crippen LogP contribution in [0, 0.1) is 12.8 Å². The van der Waals surface area contributed by atoms with Crippen molar-refractivity contribution in [2.75, 3.05) is 19.7 Å². The molecule has 1 aliphatic rings. The van der Waals surface area contributed by atoms with Gasteiger partial charge in [-0.3, -0.25) is 0 Å². The summed E-state index contributed by atoms with van der Waals surface area (Å²) < 4.78 is 5.85. The summed E-state index contributed by atoms with van der Waals surface area (Å²) in [6.45, 7) is 5.24. The molecule has 15 heavy (non-hydrogen) atoms. The molecular formula is C13H19NO. The first-order chi connectivity index (χ1) is 7.36. The van der Waals surface area contributed by atoms with Gasteiger partial charge in [-0.1, -0.05) is 18.2 Å². The van der Waals surface area contributed by atoms with Crippen LogP contribution in [-0.2, 0) is 0 Å². The lowest BCUT2D eigenvalue weighted by Gasteiger charge is -2.23. The van der Waals surface area contributed by atoms with E-state index < -0.39 is 0 Å². The fraction of sp³-hybridized carbons (Fsp3) is 0.538. The van der Waals surface area contributed by atoms with Crippen LogP contribution in [-0.4, -0.2) is 19.7 Å². The second-order valence-electron chi connectivity index (χ2n) is 4.27. The predicted molar refractivity (Wildman–Crippen MR) is 62.3 cm³/mol. The zero-order valence-electron chi connectivity index (χ0n) is 9.33.